The van der Waals surface area contributed by atoms with Crippen LogP contribution in [0.4, 0.5) is 11.6 Å². The number of anilines is 2. The van der Waals surface area contributed by atoms with Crippen molar-refractivity contribution >= 4 is 45.1 Å². The molecule has 24 heavy (non-hydrogen) atoms. The summed E-state index contributed by atoms with van der Waals surface area (Å²) in [6.45, 7) is 3.70. The van der Waals surface area contributed by atoms with Gasteiger partial charge in [-0.1, -0.05) is 11.6 Å². The van der Waals surface area contributed by atoms with Gasteiger partial charge in [0.2, 0.25) is 5.91 Å². The maximum atomic E-state index is 12.4. The van der Waals surface area contributed by atoms with Gasteiger partial charge in [0.25, 0.3) is 0 Å². The molecule has 3 heterocycles. The highest BCUT2D eigenvalue weighted by molar-refractivity contribution is 9.10. The zero-order chi connectivity index (χ0) is 17.1. The monoisotopic (exact) mass is 408 g/mol. The van der Waals surface area contributed by atoms with E-state index in [9.17, 15) is 4.79 Å². The molecule has 1 saturated heterocycles. The first kappa shape index (κ1) is 17.2. The summed E-state index contributed by atoms with van der Waals surface area (Å²) in [7, 11) is 0. The van der Waals surface area contributed by atoms with Crippen molar-refractivity contribution in [2.45, 2.75) is 19.8 Å². The summed E-state index contributed by atoms with van der Waals surface area (Å²) in [5, 5.41) is 3.42. The number of pyridine rings is 2. The third kappa shape index (κ3) is 4.05. The van der Waals surface area contributed by atoms with Crippen molar-refractivity contribution in [2.24, 2.45) is 5.92 Å². The van der Waals surface area contributed by atoms with Gasteiger partial charge in [-0.05, 0) is 59.5 Å². The lowest BCUT2D eigenvalue weighted by Crippen LogP contribution is -2.39. The number of carbonyl (C=O) groups is 1. The molecule has 0 saturated carbocycles. The summed E-state index contributed by atoms with van der Waals surface area (Å²) >= 11 is 9.24. The van der Waals surface area contributed by atoms with Crippen LogP contribution in [-0.2, 0) is 4.79 Å². The average molecular weight is 410 g/mol. The Bertz CT molecular complexity index is 730. The smallest absolute Gasteiger partial charge is 0.228 e. The number of rotatable bonds is 3. The molecule has 1 aliphatic rings. The van der Waals surface area contributed by atoms with Crippen molar-refractivity contribution < 1.29 is 4.79 Å². The van der Waals surface area contributed by atoms with Crippen LogP contribution in [0.5, 0.6) is 0 Å². The van der Waals surface area contributed by atoms with Crippen LogP contribution >= 0.6 is 27.5 Å². The van der Waals surface area contributed by atoms with Gasteiger partial charge < -0.3 is 10.2 Å². The number of aromatic nitrogens is 2. The largest absolute Gasteiger partial charge is 0.356 e. The van der Waals surface area contributed by atoms with Crippen LogP contribution in [0.1, 0.15) is 18.4 Å². The van der Waals surface area contributed by atoms with E-state index in [4.69, 9.17) is 11.6 Å². The van der Waals surface area contributed by atoms with E-state index in [0.29, 0.717) is 10.8 Å². The highest BCUT2D eigenvalue weighted by Crippen LogP contribution is 2.26. The Hall–Kier alpha value is -1.66. The number of amides is 1. The van der Waals surface area contributed by atoms with Crippen LogP contribution in [0.2, 0.25) is 5.02 Å². The molecular weight excluding hydrogens is 392 g/mol. The Morgan fingerprint density at radius 3 is 2.67 bits per heavy atom. The number of carbonyl (C=O) groups excluding carboxylic acids is 1. The quantitative estimate of drug-likeness (QED) is 0.830. The molecule has 3 rings (SSSR count). The highest BCUT2D eigenvalue weighted by atomic mass is 79.9. The minimum atomic E-state index is -0.00511. The van der Waals surface area contributed by atoms with E-state index >= 15 is 0 Å². The van der Waals surface area contributed by atoms with Crippen molar-refractivity contribution in [1.82, 2.24) is 9.97 Å². The predicted octanol–water partition coefficient (Wildman–Crippen LogP) is 4.06. The summed E-state index contributed by atoms with van der Waals surface area (Å²) in [6, 6.07) is 5.49. The summed E-state index contributed by atoms with van der Waals surface area (Å²) in [5.74, 6) is 1.55. The topological polar surface area (TPSA) is 58.1 Å². The summed E-state index contributed by atoms with van der Waals surface area (Å²) in [5.41, 5.74) is 1.14. The summed E-state index contributed by atoms with van der Waals surface area (Å²) in [6.07, 6.45) is 4.95. The molecule has 1 amide bonds. The fraction of sp³-hybridized carbons (Fsp3) is 0.353. The van der Waals surface area contributed by atoms with E-state index in [2.05, 4.69) is 49.1 Å². The molecule has 0 bridgehead atoms. The van der Waals surface area contributed by atoms with Crippen molar-refractivity contribution in [3.8, 4) is 0 Å². The maximum Gasteiger partial charge on any atom is 0.228 e. The second-order valence-electron chi connectivity index (χ2n) is 5.91. The lowest BCUT2D eigenvalue weighted by atomic mass is 9.95. The first-order valence-electron chi connectivity index (χ1n) is 7.82. The molecule has 126 valence electrons. The Morgan fingerprint density at radius 2 is 2.04 bits per heavy atom. The minimum absolute atomic E-state index is 0.00511. The number of piperidine rings is 1. The van der Waals surface area contributed by atoms with E-state index in [1.165, 1.54) is 6.20 Å². The summed E-state index contributed by atoms with van der Waals surface area (Å²) < 4.78 is 0.980. The van der Waals surface area contributed by atoms with E-state index < -0.39 is 0 Å². The molecule has 1 fully saturated rings. The van der Waals surface area contributed by atoms with E-state index in [1.54, 1.807) is 12.1 Å². The van der Waals surface area contributed by atoms with Crippen LogP contribution in [0.25, 0.3) is 0 Å². The van der Waals surface area contributed by atoms with Gasteiger partial charge in [0, 0.05) is 35.9 Å². The van der Waals surface area contributed by atoms with E-state index in [0.717, 1.165) is 41.8 Å². The van der Waals surface area contributed by atoms with Crippen molar-refractivity contribution in [3.63, 3.8) is 0 Å². The molecular formula is C17H18BrClN4O. The zero-order valence-electron chi connectivity index (χ0n) is 13.3. The molecule has 1 N–H and O–H groups in total. The predicted molar refractivity (Wildman–Crippen MR) is 99.5 cm³/mol. The van der Waals surface area contributed by atoms with Gasteiger partial charge in [0.15, 0.2) is 0 Å². The molecule has 2 aromatic heterocycles. The lowest BCUT2D eigenvalue weighted by molar-refractivity contribution is -0.120. The van der Waals surface area contributed by atoms with Crippen LogP contribution in [0.3, 0.4) is 0 Å². The van der Waals surface area contributed by atoms with Gasteiger partial charge in [-0.25, -0.2) is 9.97 Å². The average Bonchev–Trinajstić information content (AvgIpc) is 2.57. The van der Waals surface area contributed by atoms with Crippen molar-refractivity contribution in [3.05, 3.63) is 45.7 Å². The SMILES string of the molecule is Cc1cc(Br)cnc1N1CCC(C(=O)Nc2ccc(Cl)cn2)CC1. The number of aryl methyl sites for hydroxylation is 1. The zero-order valence-corrected chi connectivity index (χ0v) is 15.6. The maximum absolute atomic E-state index is 12.4. The molecule has 0 radical (unpaired) electrons. The van der Waals surface area contributed by atoms with Crippen molar-refractivity contribution in [1.29, 1.82) is 0 Å². The fourth-order valence-corrected chi connectivity index (χ4v) is 3.45. The number of hydrogen-bond donors (Lipinski definition) is 1. The number of nitrogens with zero attached hydrogens (tertiary/aromatic N) is 3. The third-order valence-corrected chi connectivity index (χ3v) is 4.82. The van der Waals surface area contributed by atoms with Gasteiger partial charge >= 0.3 is 0 Å². The highest BCUT2D eigenvalue weighted by Gasteiger charge is 2.26. The molecule has 5 nitrogen and oxygen atoms in total. The van der Waals surface area contributed by atoms with Crippen LogP contribution < -0.4 is 10.2 Å². The van der Waals surface area contributed by atoms with Gasteiger partial charge in [-0.3, -0.25) is 4.79 Å². The molecule has 7 heteroatoms. The lowest BCUT2D eigenvalue weighted by Gasteiger charge is -2.33. The van der Waals surface area contributed by atoms with Gasteiger partial charge in [0.05, 0.1) is 5.02 Å². The molecule has 0 spiro atoms. The molecule has 1 aliphatic heterocycles. The second kappa shape index (κ2) is 7.49. The number of halogens is 2. The van der Waals surface area contributed by atoms with Gasteiger partial charge in [-0.15, -0.1) is 0 Å². The van der Waals surface area contributed by atoms with Crippen LogP contribution in [-0.4, -0.2) is 29.0 Å². The Morgan fingerprint density at radius 1 is 1.29 bits per heavy atom. The normalized spacial score (nSPS) is 15.4. The Kier molecular flexibility index (Phi) is 5.36. The fourth-order valence-electron chi connectivity index (χ4n) is 2.90. The first-order valence-corrected chi connectivity index (χ1v) is 8.99. The Labute approximate surface area is 154 Å². The minimum Gasteiger partial charge on any atom is -0.356 e. The van der Waals surface area contributed by atoms with E-state index in [-0.39, 0.29) is 11.8 Å². The Balaban J connectivity index is 1.58. The van der Waals surface area contributed by atoms with Crippen LogP contribution in [0.15, 0.2) is 35.1 Å². The second-order valence-corrected chi connectivity index (χ2v) is 7.26. The molecule has 0 unspecified atom stereocenters. The van der Waals surface area contributed by atoms with Gasteiger partial charge in [0.1, 0.15) is 11.6 Å². The number of hydrogen-bond acceptors (Lipinski definition) is 4. The van der Waals surface area contributed by atoms with Crippen molar-refractivity contribution in [2.75, 3.05) is 23.3 Å². The first-order chi connectivity index (χ1) is 11.5. The molecule has 0 atom stereocenters. The molecule has 0 aromatic carbocycles. The molecule has 2 aromatic rings. The van der Waals surface area contributed by atoms with Gasteiger partial charge in [-0.2, -0.15) is 0 Å². The third-order valence-electron chi connectivity index (χ3n) is 4.16. The number of nitrogens with one attached hydrogen (secondary N) is 1. The van der Waals surface area contributed by atoms with E-state index in [1.807, 2.05) is 6.20 Å². The standard InChI is InChI=1S/C17H18BrClN4O/c1-11-8-13(18)9-21-16(11)23-6-4-12(5-7-23)17(24)22-15-3-2-14(19)10-20-15/h2-3,8-10,12H,4-7H2,1H3,(H,20,22,24). The summed E-state index contributed by atoms with van der Waals surface area (Å²) in [4.78, 5) is 23.2. The van der Waals surface area contributed by atoms with Crippen LogP contribution in [0, 0.1) is 12.8 Å². The molecule has 0 aliphatic carbocycles.